The molecule has 12 heavy (non-hydrogen) atoms. The number of hydrogen-bond donors (Lipinski definition) is 0. The zero-order chi connectivity index (χ0) is 9.14. The quantitative estimate of drug-likeness (QED) is 0.473. The Kier molecular flexibility index (Phi) is 2.84. The van der Waals surface area contributed by atoms with E-state index in [0.29, 0.717) is 6.42 Å². The molecule has 0 aromatic carbocycles. The van der Waals surface area contributed by atoms with Crippen LogP contribution in [0.2, 0.25) is 0 Å². The van der Waals surface area contributed by atoms with E-state index in [-0.39, 0.29) is 17.9 Å². The van der Waals surface area contributed by atoms with Crippen LogP contribution >= 0.6 is 0 Å². The smallest absolute Gasteiger partial charge is 0.316 e. The van der Waals surface area contributed by atoms with Gasteiger partial charge >= 0.3 is 5.97 Å². The molecule has 0 amide bonds. The molecular weight excluding hydrogens is 156 g/mol. The zero-order valence-electron chi connectivity index (χ0n) is 7.50. The van der Waals surface area contributed by atoms with Crippen molar-refractivity contribution in [1.29, 1.82) is 0 Å². The Hall–Kier alpha value is -0.860. The van der Waals surface area contributed by atoms with Gasteiger partial charge in [0.1, 0.15) is 17.8 Å². The molecular formula is C9H14O3. The monoisotopic (exact) mass is 170 g/mol. The van der Waals surface area contributed by atoms with Crippen molar-refractivity contribution in [3.63, 3.8) is 0 Å². The van der Waals surface area contributed by atoms with Crippen LogP contribution in [-0.4, -0.2) is 17.9 Å². The maximum atomic E-state index is 11.1. The average molecular weight is 170 g/mol. The fraction of sp³-hybridized carbons (Fsp3) is 0.778. The zero-order valence-corrected chi connectivity index (χ0v) is 7.50. The molecule has 1 rings (SSSR count). The first-order valence-corrected chi connectivity index (χ1v) is 4.36. The predicted octanol–water partition coefficient (Wildman–Crippen LogP) is 1.31. The van der Waals surface area contributed by atoms with Crippen LogP contribution in [0.5, 0.6) is 0 Å². The van der Waals surface area contributed by atoms with Gasteiger partial charge in [0.15, 0.2) is 0 Å². The molecule has 0 spiro atoms. The van der Waals surface area contributed by atoms with Gasteiger partial charge in [-0.2, -0.15) is 0 Å². The molecule has 3 heteroatoms. The molecule has 0 unspecified atom stereocenters. The summed E-state index contributed by atoms with van der Waals surface area (Å²) in [6, 6.07) is 0. The molecule has 1 fully saturated rings. The van der Waals surface area contributed by atoms with E-state index >= 15 is 0 Å². The average Bonchev–Trinajstić information content (AvgIpc) is 2.32. The molecule has 1 heterocycles. The van der Waals surface area contributed by atoms with Crippen LogP contribution in [0, 0.1) is 5.92 Å². The molecule has 0 bridgehead atoms. The third-order valence-corrected chi connectivity index (χ3v) is 2.17. The van der Waals surface area contributed by atoms with Crippen LogP contribution in [-0.2, 0) is 14.3 Å². The standard InChI is InChI=1S/C9H14O3/c1-3-4-7-5-8(6(2)10)9(11)12-7/h7-8H,3-5H2,1-2H3/t7-,8-/m1/s1. The van der Waals surface area contributed by atoms with Gasteiger partial charge in [-0.05, 0) is 13.3 Å². The summed E-state index contributed by atoms with van der Waals surface area (Å²) in [4.78, 5) is 22.0. The molecule has 0 aliphatic carbocycles. The number of carbonyl (C=O) groups is 2. The van der Waals surface area contributed by atoms with Crippen molar-refractivity contribution in [2.45, 2.75) is 39.2 Å². The summed E-state index contributed by atoms with van der Waals surface area (Å²) in [6.45, 7) is 3.48. The van der Waals surface area contributed by atoms with Crippen molar-refractivity contribution in [2.24, 2.45) is 5.92 Å². The van der Waals surface area contributed by atoms with Gasteiger partial charge in [-0.25, -0.2) is 0 Å². The van der Waals surface area contributed by atoms with Crippen LogP contribution in [0.4, 0.5) is 0 Å². The Bertz CT molecular complexity index is 198. The molecule has 1 aliphatic heterocycles. The van der Waals surface area contributed by atoms with Crippen molar-refractivity contribution < 1.29 is 14.3 Å². The summed E-state index contributed by atoms with van der Waals surface area (Å²) < 4.78 is 5.02. The third-order valence-electron chi connectivity index (χ3n) is 2.17. The highest BCUT2D eigenvalue weighted by atomic mass is 16.6. The predicted molar refractivity (Wildman–Crippen MR) is 43.6 cm³/mol. The van der Waals surface area contributed by atoms with Crippen LogP contribution in [0.15, 0.2) is 0 Å². The first kappa shape index (κ1) is 9.23. The highest BCUT2D eigenvalue weighted by molar-refractivity contribution is 5.98. The maximum Gasteiger partial charge on any atom is 0.316 e. The number of hydrogen-bond acceptors (Lipinski definition) is 3. The van der Waals surface area contributed by atoms with Gasteiger partial charge in [-0.15, -0.1) is 0 Å². The first-order chi connectivity index (χ1) is 5.65. The van der Waals surface area contributed by atoms with Gasteiger partial charge in [0, 0.05) is 6.42 Å². The molecule has 0 aromatic rings. The second-order valence-electron chi connectivity index (χ2n) is 3.25. The lowest BCUT2D eigenvalue weighted by Crippen LogP contribution is -2.15. The lowest BCUT2D eigenvalue weighted by molar-refractivity contribution is -0.146. The topological polar surface area (TPSA) is 43.4 Å². The van der Waals surface area contributed by atoms with E-state index in [1.54, 1.807) is 0 Å². The second-order valence-corrected chi connectivity index (χ2v) is 3.25. The number of carbonyl (C=O) groups excluding carboxylic acids is 2. The fourth-order valence-electron chi connectivity index (χ4n) is 1.48. The van der Waals surface area contributed by atoms with Gasteiger partial charge in [0.05, 0.1) is 0 Å². The third kappa shape index (κ3) is 1.84. The van der Waals surface area contributed by atoms with Crippen molar-refractivity contribution in [3.8, 4) is 0 Å². The van der Waals surface area contributed by atoms with E-state index in [2.05, 4.69) is 0 Å². The van der Waals surface area contributed by atoms with E-state index in [9.17, 15) is 9.59 Å². The van der Waals surface area contributed by atoms with E-state index in [0.717, 1.165) is 12.8 Å². The van der Waals surface area contributed by atoms with Gasteiger partial charge in [-0.1, -0.05) is 13.3 Å². The minimum Gasteiger partial charge on any atom is -0.462 e. The van der Waals surface area contributed by atoms with E-state index < -0.39 is 5.92 Å². The normalized spacial score (nSPS) is 28.7. The fourth-order valence-corrected chi connectivity index (χ4v) is 1.48. The van der Waals surface area contributed by atoms with E-state index in [1.165, 1.54) is 6.92 Å². The Morgan fingerprint density at radius 2 is 2.33 bits per heavy atom. The summed E-state index contributed by atoms with van der Waals surface area (Å²) in [6.07, 6.45) is 2.43. The molecule has 0 aromatic heterocycles. The number of ketones is 1. The van der Waals surface area contributed by atoms with Gasteiger partial charge in [0.2, 0.25) is 0 Å². The highest BCUT2D eigenvalue weighted by Crippen LogP contribution is 2.24. The van der Waals surface area contributed by atoms with Crippen LogP contribution in [0.3, 0.4) is 0 Å². The summed E-state index contributed by atoms with van der Waals surface area (Å²) in [5.41, 5.74) is 0. The molecule has 2 atom stereocenters. The molecule has 3 nitrogen and oxygen atoms in total. The highest BCUT2D eigenvalue weighted by Gasteiger charge is 2.36. The number of esters is 1. The molecule has 0 N–H and O–H groups in total. The molecule has 1 saturated heterocycles. The lowest BCUT2D eigenvalue weighted by Gasteiger charge is -2.04. The lowest BCUT2D eigenvalue weighted by atomic mass is 9.99. The maximum absolute atomic E-state index is 11.1. The number of cyclic esters (lactones) is 1. The second kappa shape index (κ2) is 3.70. The summed E-state index contributed by atoms with van der Waals surface area (Å²) in [7, 11) is 0. The van der Waals surface area contributed by atoms with E-state index in [4.69, 9.17) is 4.74 Å². The molecule has 68 valence electrons. The Labute approximate surface area is 72.1 Å². The van der Waals surface area contributed by atoms with Crippen LogP contribution in [0.25, 0.3) is 0 Å². The molecule has 0 radical (unpaired) electrons. The molecule has 1 aliphatic rings. The first-order valence-electron chi connectivity index (χ1n) is 4.36. The Morgan fingerprint density at radius 3 is 2.75 bits per heavy atom. The number of Topliss-reactive ketones (excluding diaryl/α,β-unsaturated/α-hetero) is 1. The van der Waals surface area contributed by atoms with Gasteiger partial charge < -0.3 is 4.74 Å². The van der Waals surface area contributed by atoms with Crippen LogP contribution in [0.1, 0.15) is 33.1 Å². The minimum absolute atomic E-state index is 0.0172. The molecule has 0 saturated carbocycles. The summed E-state index contributed by atoms with van der Waals surface area (Å²) >= 11 is 0. The van der Waals surface area contributed by atoms with Gasteiger partial charge in [0.25, 0.3) is 0 Å². The Morgan fingerprint density at radius 1 is 1.67 bits per heavy atom. The SMILES string of the molecule is CCC[C@@H]1C[C@H](C(C)=O)C(=O)O1. The minimum atomic E-state index is -0.485. The van der Waals surface area contributed by atoms with Gasteiger partial charge in [-0.3, -0.25) is 9.59 Å². The van der Waals surface area contributed by atoms with E-state index in [1.807, 2.05) is 6.92 Å². The summed E-state index contributed by atoms with van der Waals surface area (Å²) in [5.74, 6) is -0.888. The van der Waals surface area contributed by atoms with Crippen molar-refractivity contribution in [1.82, 2.24) is 0 Å². The van der Waals surface area contributed by atoms with Crippen molar-refractivity contribution in [3.05, 3.63) is 0 Å². The van der Waals surface area contributed by atoms with Crippen molar-refractivity contribution >= 4 is 11.8 Å². The van der Waals surface area contributed by atoms with Crippen molar-refractivity contribution in [2.75, 3.05) is 0 Å². The largest absolute Gasteiger partial charge is 0.462 e. The van der Waals surface area contributed by atoms with Crippen LogP contribution < -0.4 is 0 Å². The summed E-state index contributed by atoms with van der Waals surface area (Å²) in [5, 5.41) is 0. The number of rotatable bonds is 3. The number of ether oxygens (including phenoxy) is 1. The Balaban J connectivity index is 2.50.